The molecule has 0 aliphatic heterocycles. The van der Waals surface area contributed by atoms with Gasteiger partial charge in [0.15, 0.2) is 0 Å². The number of hydrogen-bond acceptors (Lipinski definition) is 2. The van der Waals surface area contributed by atoms with Crippen molar-refractivity contribution in [2.75, 3.05) is 0 Å². The number of fused-ring (bicyclic) bond motifs is 7. The van der Waals surface area contributed by atoms with Crippen LogP contribution in [-0.4, -0.2) is 18.7 Å². The Kier molecular flexibility index (Phi) is 9.93. The first-order valence-corrected chi connectivity index (χ1v) is 26.6. The minimum absolute atomic E-state index is 0. The fourth-order valence-corrected chi connectivity index (χ4v) is 10.9. The fourth-order valence-electron chi connectivity index (χ4n) is 10.9. The second-order valence-corrected chi connectivity index (χ2v) is 21.9. The number of imidazole rings is 1. The van der Waals surface area contributed by atoms with Crippen LogP contribution in [0.2, 0.25) is 0 Å². The number of pyridine rings is 1. The smallest absolute Gasteiger partial charge is 0.268 e. The largest absolute Gasteiger partial charge is 0.510 e. The van der Waals surface area contributed by atoms with E-state index in [4.69, 9.17) is 19.3 Å². The van der Waals surface area contributed by atoms with Gasteiger partial charge in [-0.1, -0.05) is 212 Å². The van der Waals surface area contributed by atoms with Crippen molar-refractivity contribution in [3.63, 3.8) is 0 Å². The Bertz CT molecular complexity index is 5190. The number of para-hydroxylation sites is 6. The topological polar surface area (TPSA) is 40.8 Å². The van der Waals surface area contributed by atoms with Crippen LogP contribution in [0.25, 0.3) is 99.8 Å². The van der Waals surface area contributed by atoms with E-state index in [1.54, 1.807) is 30.5 Å². The van der Waals surface area contributed by atoms with Crippen LogP contribution in [0.15, 0.2) is 206 Å². The summed E-state index contributed by atoms with van der Waals surface area (Å²) in [5.41, 5.74) is 7.63. The van der Waals surface area contributed by atoms with Gasteiger partial charge < -0.3 is 18.4 Å². The molecule has 0 N–H and O–H groups in total. The van der Waals surface area contributed by atoms with Crippen LogP contribution < -0.4 is 9.30 Å². The quantitative estimate of drug-likeness (QED) is 0.0956. The minimum atomic E-state index is -0.957. The molecule has 0 aliphatic carbocycles. The van der Waals surface area contributed by atoms with E-state index in [-0.39, 0.29) is 88.5 Å². The number of rotatable bonds is 11. The maximum Gasteiger partial charge on any atom is 0.268 e. The Hall–Kier alpha value is -8.31. The molecule has 0 fully saturated rings. The first kappa shape index (κ1) is 38.3. The van der Waals surface area contributed by atoms with Gasteiger partial charge in [-0.05, 0) is 116 Å². The summed E-state index contributed by atoms with van der Waals surface area (Å²) in [5, 5.41) is 0.924. The van der Waals surface area contributed by atoms with Crippen LogP contribution in [-0.2, 0) is 31.9 Å². The molecule has 0 spiro atoms. The molecule has 398 valence electrons. The molecule has 0 bridgehead atoms. The zero-order chi connectivity index (χ0) is 66.4. The number of nitrogens with zero attached hydrogens (tertiary/aromatic N) is 5. The third-order valence-corrected chi connectivity index (χ3v) is 14.9. The Morgan fingerprint density at radius 1 is 0.588 bits per heavy atom. The molecule has 0 unspecified atom stereocenters. The molecule has 13 aromatic rings. The predicted octanol–water partition coefficient (Wildman–Crippen LogP) is 18.5. The minimum Gasteiger partial charge on any atom is -0.510 e. The molecule has 0 saturated heterocycles. The molecular weight excluding hydrogens is 1160 g/mol. The van der Waals surface area contributed by atoms with E-state index >= 15 is 0 Å². The normalized spacial score (nSPS) is 14.7. The second-order valence-electron chi connectivity index (χ2n) is 21.9. The van der Waals surface area contributed by atoms with Crippen LogP contribution in [0, 0.1) is 18.5 Å². The monoisotopic (exact) mass is 1230 g/mol. The molecule has 13 rings (SSSR count). The Morgan fingerprint density at radius 2 is 1.21 bits per heavy atom. The van der Waals surface area contributed by atoms with Crippen molar-refractivity contribution in [3.05, 3.63) is 241 Å². The molecule has 6 nitrogen and oxygen atoms in total. The van der Waals surface area contributed by atoms with Crippen molar-refractivity contribution in [1.29, 1.82) is 0 Å². The van der Waals surface area contributed by atoms with Gasteiger partial charge in [-0.25, -0.2) is 4.98 Å². The first-order chi connectivity index (χ1) is 44.1. The molecule has 80 heavy (non-hydrogen) atoms. The van der Waals surface area contributed by atoms with E-state index in [1.807, 2.05) is 106 Å². The Balaban J connectivity index is 0.00000848. The van der Waals surface area contributed by atoms with E-state index in [9.17, 15) is 9.60 Å². The first-order valence-electron chi connectivity index (χ1n) is 33.6. The van der Waals surface area contributed by atoms with E-state index in [2.05, 4.69) is 78.2 Å². The number of hydrogen-bond donors (Lipinski definition) is 0. The molecule has 0 saturated carbocycles. The molecule has 7 heteroatoms. The van der Waals surface area contributed by atoms with Gasteiger partial charge in [0.2, 0.25) is 0 Å². The Morgan fingerprint density at radius 3 is 1.90 bits per heavy atom. The van der Waals surface area contributed by atoms with Gasteiger partial charge in [-0.15, -0.1) is 24.3 Å². The number of ether oxygens (including phenoxy) is 1. The van der Waals surface area contributed by atoms with E-state index in [0.717, 1.165) is 22.3 Å². The summed E-state index contributed by atoms with van der Waals surface area (Å²) in [7, 11) is 0. The van der Waals surface area contributed by atoms with Gasteiger partial charge >= 0.3 is 0 Å². The van der Waals surface area contributed by atoms with Crippen molar-refractivity contribution >= 4 is 54.6 Å². The van der Waals surface area contributed by atoms with Gasteiger partial charge in [0.1, 0.15) is 5.82 Å². The SMILES string of the molecule is [2H]c1c([2H])c([2H])c(-c2cccc(-c3cc(C(C)(C)C)cc(C(C)(C)C)c3)c2-[n+]2[c-]n(-c3[c-]c(Oc4[c-]c5c(c(-n6c7c([2H])c([2H])c([2H])c([2H])c7c7c([2H])c([2H])c([2H])c([2H])c76)c4)c4ccccc4n5-c4cc(C([2H])(CC)CC)ccn4)ccc3)c3ccccc32)c([2H])c1[2H].[Pt]. The second kappa shape index (κ2) is 20.7. The number of aromatic nitrogens is 5. The van der Waals surface area contributed by atoms with Gasteiger partial charge in [0.05, 0.1) is 45.6 Å². The van der Waals surface area contributed by atoms with Crippen molar-refractivity contribution in [2.24, 2.45) is 0 Å². The van der Waals surface area contributed by atoms with Crippen LogP contribution in [0.5, 0.6) is 11.5 Å². The summed E-state index contributed by atoms with van der Waals surface area (Å²) < 4.78 is 142. The van der Waals surface area contributed by atoms with Gasteiger partial charge in [0, 0.05) is 56.4 Å². The van der Waals surface area contributed by atoms with Gasteiger partial charge in [-0.3, -0.25) is 4.57 Å². The summed E-state index contributed by atoms with van der Waals surface area (Å²) in [4.78, 5) is 4.90. The Labute approximate surface area is 503 Å². The van der Waals surface area contributed by atoms with Crippen molar-refractivity contribution in [1.82, 2.24) is 18.7 Å². The zero-order valence-corrected chi connectivity index (χ0v) is 47.8. The molecular formula is C73H63N5OPt-2. The van der Waals surface area contributed by atoms with Crippen LogP contribution in [0.4, 0.5) is 0 Å². The summed E-state index contributed by atoms with van der Waals surface area (Å²) in [6, 6.07) is 38.6. The average molecular weight is 1240 g/mol. The summed E-state index contributed by atoms with van der Waals surface area (Å²) >= 11 is 0. The third kappa shape index (κ3) is 9.14. The summed E-state index contributed by atoms with van der Waals surface area (Å²) in [5.74, 6) is -0.269. The standard InChI is InChI=1S/C73H63N5O.Pt/c1-9-48(10-2)50-38-39-74-69(42-50)78-64-35-19-16-30-61(64)70-67(77-62-33-17-14-28-59(62)60-29-15-18-34-63(60)77)45-56(46-68(70)78)79-55-27-22-26-54(44-55)75-47-76(66-37-21-20-36-65(66)75)71-57(49-24-12-11-13-25-49)31-23-32-58(71)51-40-52(72(3,4)5)43-53(41-51)73(6,7)8;/h11-43,45,48H,9-10H2,1-8H3;/q-2;/i11D,12D,13D,14D,15D,17D,18D,24D,25D,28D,29D,33D,34D,48D;. The maximum atomic E-state index is 9.54. The van der Waals surface area contributed by atoms with Crippen molar-refractivity contribution < 1.29 is 49.6 Å². The molecule has 4 heterocycles. The molecule has 0 aliphatic rings. The summed E-state index contributed by atoms with van der Waals surface area (Å²) in [6.45, 7) is 16.9. The predicted molar refractivity (Wildman–Crippen MR) is 326 cm³/mol. The van der Waals surface area contributed by atoms with Crippen molar-refractivity contribution in [3.8, 4) is 56.6 Å². The average Bonchev–Trinajstić information content (AvgIpc) is 1.53. The molecule has 4 aromatic heterocycles. The molecule has 9 aromatic carbocycles. The van der Waals surface area contributed by atoms with E-state index in [1.165, 1.54) is 4.57 Å². The maximum absolute atomic E-state index is 9.54. The van der Waals surface area contributed by atoms with E-state index in [0.29, 0.717) is 74.0 Å². The van der Waals surface area contributed by atoms with Gasteiger partial charge in [-0.2, -0.15) is 12.1 Å². The van der Waals surface area contributed by atoms with Gasteiger partial charge in [0.25, 0.3) is 6.33 Å². The number of benzene rings is 9. The zero-order valence-electron chi connectivity index (χ0n) is 59.5. The third-order valence-electron chi connectivity index (χ3n) is 14.9. The van der Waals surface area contributed by atoms with Crippen LogP contribution in [0.3, 0.4) is 0 Å². The summed E-state index contributed by atoms with van der Waals surface area (Å²) in [6.07, 6.45) is 6.33. The molecule has 0 radical (unpaired) electrons. The fraction of sp³-hybridized carbons (Fsp3) is 0.178. The molecule has 0 amide bonds. The van der Waals surface area contributed by atoms with E-state index < -0.39 is 72.4 Å². The van der Waals surface area contributed by atoms with Crippen LogP contribution in [0.1, 0.15) is 110 Å². The van der Waals surface area contributed by atoms with Crippen molar-refractivity contribution in [2.45, 2.75) is 85.0 Å². The molecule has 0 atom stereocenters. The van der Waals surface area contributed by atoms with Crippen LogP contribution >= 0.6 is 0 Å².